The van der Waals surface area contributed by atoms with Crippen molar-refractivity contribution in [3.63, 3.8) is 0 Å². The number of oxime groups is 1. The van der Waals surface area contributed by atoms with Gasteiger partial charge < -0.3 is 9.02 Å². The van der Waals surface area contributed by atoms with Crippen LogP contribution in [0.1, 0.15) is 85.8 Å². The first-order valence-corrected chi connectivity index (χ1v) is 15.8. The summed E-state index contributed by atoms with van der Waals surface area (Å²) in [5.74, 6) is -0.931. The summed E-state index contributed by atoms with van der Waals surface area (Å²) < 4.78 is 57.5. The number of carbonyl (C=O) groups excluding carboxylic acids is 1. The Morgan fingerprint density at radius 3 is 2.49 bits per heavy atom. The molecular formula is C25H35N3O7S2. The van der Waals surface area contributed by atoms with Gasteiger partial charge in [0, 0.05) is 24.1 Å². The van der Waals surface area contributed by atoms with Crippen molar-refractivity contribution in [1.29, 1.82) is 0 Å². The first-order valence-electron chi connectivity index (χ1n) is 12.6. The molecule has 1 aromatic carbocycles. The van der Waals surface area contributed by atoms with Crippen molar-refractivity contribution in [3.05, 3.63) is 40.6 Å². The van der Waals surface area contributed by atoms with E-state index in [2.05, 4.69) is 17.2 Å². The summed E-state index contributed by atoms with van der Waals surface area (Å²) in [4.78, 5) is 18.6. The zero-order valence-corrected chi connectivity index (χ0v) is 23.5. The number of ketones is 1. The van der Waals surface area contributed by atoms with E-state index in [1.807, 2.05) is 0 Å². The third-order valence-corrected chi connectivity index (χ3v) is 9.35. The average molecular weight is 554 g/mol. The second kappa shape index (κ2) is 12.2. The second-order valence-corrected chi connectivity index (χ2v) is 12.8. The van der Waals surface area contributed by atoms with Gasteiger partial charge in [-0.2, -0.15) is 13.5 Å². The monoisotopic (exact) mass is 553 g/mol. The highest BCUT2D eigenvalue weighted by Crippen LogP contribution is 2.33. The molecule has 1 aliphatic heterocycles. The van der Waals surface area contributed by atoms with Gasteiger partial charge in [-0.25, -0.2) is 13.1 Å². The lowest BCUT2D eigenvalue weighted by molar-refractivity contribution is 0.103. The van der Waals surface area contributed by atoms with Crippen molar-refractivity contribution in [2.45, 2.75) is 77.2 Å². The van der Waals surface area contributed by atoms with E-state index in [-0.39, 0.29) is 39.8 Å². The van der Waals surface area contributed by atoms with Crippen molar-refractivity contribution >= 4 is 31.5 Å². The van der Waals surface area contributed by atoms with Crippen LogP contribution in [0.2, 0.25) is 0 Å². The van der Waals surface area contributed by atoms with Gasteiger partial charge in [-0.15, -0.1) is 0 Å². The second-order valence-electron chi connectivity index (χ2n) is 9.02. The molecule has 0 amide bonds. The van der Waals surface area contributed by atoms with Crippen LogP contribution in [0.5, 0.6) is 5.88 Å². The molecule has 0 radical (unpaired) electrons. The maximum Gasteiger partial charge on any atom is 0.310 e. The summed E-state index contributed by atoms with van der Waals surface area (Å²) in [6.45, 7) is 5.81. The SMILES string of the molecule is CCCCCCCCS(=O)(=O)Oc1c(C(=O)c2ccc3c(c2C)C(=NOC)CCS3(=O)=O)cnn1CC. The molecule has 10 nitrogen and oxygen atoms in total. The Bertz CT molecular complexity index is 1380. The Morgan fingerprint density at radius 2 is 1.81 bits per heavy atom. The number of aromatic nitrogens is 2. The smallest absolute Gasteiger partial charge is 0.310 e. The van der Waals surface area contributed by atoms with Crippen LogP contribution in [0.25, 0.3) is 0 Å². The zero-order valence-electron chi connectivity index (χ0n) is 21.8. The predicted molar refractivity (Wildman–Crippen MR) is 141 cm³/mol. The maximum absolute atomic E-state index is 13.6. The van der Waals surface area contributed by atoms with Gasteiger partial charge in [0.25, 0.3) is 0 Å². The van der Waals surface area contributed by atoms with E-state index in [4.69, 9.17) is 9.02 Å². The number of unbranched alkanes of at least 4 members (excludes halogenated alkanes) is 5. The highest BCUT2D eigenvalue weighted by molar-refractivity contribution is 7.91. The lowest BCUT2D eigenvalue weighted by atomic mass is 9.93. The number of nitrogens with zero attached hydrogens (tertiary/aromatic N) is 3. The van der Waals surface area contributed by atoms with Crippen LogP contribution in [0.3, 0.4) is 0 Å². The molecule has 37 heavy (non-hydrogen) atoms. The van der Waals surface area contributed by atoms with E-state index in [0.717, 1.165) is 32.1 Å². The van der Waals surface area contributed by atoms with E-state index >= 15 is 0 Å². The molecule has 0 atom stereocenters. The molecule has 0 aliphatic carbocycles. The largest absolute Gasteiger partial charge is 0.399 e. The van der Waals surface area contributed by atoms with Gasteiger partial charge in [0.05, 0.1) is 28.3 Å². The zero-order chi connectivity index (χ0) is 27.2. The van der Waals surface area contributed by atoms with Crippen LogP contribution in [0, 0.1) is 6.92 Å². The fourth-order valence-corrected chi connectivity index (χ4v) is 7.02. The highest BCUT2D eigenvalue weighted by atomic mass is 32.2. The van der Waals surface area contributed by atoms with Gasteiger partial charge in [0.1, 0.15) is 12.7 Å². The Morgan fingerprint density at radius 1 is 1.11 bits per heavy atom. The molecule has 12 heteroatoms. The topological polar surface area (TPSA) is 134 Å². The lowest BCUT2D eigenvalue weighted by Crippen LogP contribution is -2.24. The Kier molecular flexibility index (Phi) is 9.51. The summed E-state index contributed by atoms with van der Waals surface area (Å²) in [5, 5.41) is 8.13. The minimum absolute atomic E-state index is 0.0136. The number of rotatable bonds is 13. The normalized spacial score (nSPS) is 15.9. The molecule has 0 spiro atoms. The minimum Gasteiger partial charge on any atom is -0.399 e. The van der Waals surface area contributed by atoms with Crippen molar-refractivity contribution < 1.29 is 30.7 Å². The molecule has 2 aromatic rings. The maximum atomic E-state index is 13.6. The number of carbonyl (C=O) groups is 1. The molecular weight excluding hydrogens is 518 g/mol. The van der Waals surface area contributed by atoms with Crippen LogP contribution in [0.15, 0.2) is 28.4 Å². The Hall–Kier alpha value is -2.73. The summed E-state index contributed by atoms with van der Waals surface area (Å²) in [6.07, 6.45) is 6.94. The molecule has 0 saturated heterocycles. The summed E-state index contributed by atoms with van der Waals surface area (Å²) >= 11 is 0. The van der Waals surface area contributed by atoms with Crippen molar-refractivity contribution in [3.8, 4) is 5.88 Å². The molecule has 0 fully saturated rings. The molecule has 0 saturated carbocycles. The van der Waals surface area contributed by atoms with Crippen LogP contribution < -0.4 is 4.18 Å². The highest BCUT2D eigenvalue weighted by Gasteiger charge is 2.33. The number of hydrogen-bond acceptors (Lipinski definition) is 9. The van der Waals surface area contributed by atoms with E-state index in [1.165, 1.54) is 30.1 Å². The van der Waals surface area contributed by atoms with Crippen LogP contribution >= 0.6 is 0 Å². The number of benzene rings is 1. The van der Waals surface area contributed by atoms with Crippen molar-refractivity contribution in [2.24, 2.45) is 5.16 Å². The van der Waals surface area contributed by atoms with Gasteiger partial charge in [0.2, 0.25) is 5.88 Å². The predicted octanol–water partition coefficient (Wildman–Crippen LogP) is 4.04. The molecule has 2 heterocycles. The van der Waals surface area contributed by atoms with Gasteiger partial charge in [-0.05, 0) is 38.0 Å². The molecule has 3 rings (SSSR count). The number of sulfone groups is 1. The van der Waals surface area contributed by atoms with Crippen LogP contribution in [0.4, 0.5) is 0 Å². The quantitative estimate of drug-likeness (QED) is 0.157. The molecule has 0 unspecified atom stereocenters. The van der Waals surface area contributed by atoms with E-state index in [0.29, 0.717) is 29.8 Å². The Balaban J connectivity index is 1.93. The first-order chi connectivity index (χ1) is 17.6. The van der Waals surface area contributed by atoms with E-state index < -0.39 is 25.7 Å². The van der Waals surface area contributed by atoms with Crippen molar-refractivity contribution in [1.82, 2.24) is 9.78 Å². The Labute approximate surface area is 219 Å². The fraction of sp³-hybridized carbons (Fsp3) is 0.560. The minimum atomic E-state index is -3.95. The third kappa shape index (κ3) is 6.59. The molecule has 0 N–H and O–H groups in total. The summed E-state index contributed by atoms with van der Waals surface area (Å²) in [7, 11) is -6.12. The van der Waals surface area contributed by atoms with Crippen LogP contribution in [-0.4, -0.2) is 56.7 Å². The first kappa shape index (κ1) is 28.8. The number of hydrogen-bond donors (Lipinski definition) is 0. The standard InChI is InChI=1S/C25H35N3O7S2/c1-5-7-8-9-10-11-15-37(32,33)35-25-20(17-26-28(25)6-2)24(29)19-12-13-22-23(18(19)3)21(27-34-4)14-16-36(22,30)31/h12-13,17H,5-11,14-16H2,1-4H3. The molecule has 1 aliphatic rings. The van der Waals surface area contributed by atoms with Gasteiger partial charge in [-0.3, -0.25) is 4.79 Å². The number of fused-ring (bicyclic) bond motifs is 1. The fourth-order valence-electron chi connectivity index (χ4n) is 4.43. The van der Waals surface area contributed by atoms with Crippen molar-refractivity contribution in [2.75, 3.05) is 18.6 Å². The molecule has 1 aromatic heterocycles. The third-order valence-electron chi connectivity index (χ3n) is 6.39. The van der Waals surface area contributed by atoms with E-state index in [1.54, 1.807) is 13.8 Å². The summed E-state index contributed by atoms with van der Waals surface area (Å²) in [5.41, 5.74) is 1.36. The lowest BCUT2D eigenvalue weighted by Gasteiger charge is -2.21. The van der Waals surface area contributed by atoms with E-state index in [9.17, 15) is 21.6 Å². The number of aryl methyl sites for hydroxylation is 1. The summed E-state index contributed by atoms with van der Waals surface area (Å²) in [6, 6.07) is 2.82. The van der Waals surface area contributed by atoms with Gasteiger partial charge >= 0.3 is 10.1 Å². The van der Waals surface area contributed by atoms with Gasteiger partial charge in [0.15, 0.2) is 15.6 Å². The van der Waals surface area contributed by atoms with Crippen LogP contribution in [-0.2, 0) is 31.3 Å². The van der Waals surface area contributed by atoms with Gasteiger partial charge in [-0.1, -0.05) is 44.2 Å². The molecule has 0 bridgehead atoms. The average Bonchev–Trinajstić information content (AvgIpc) is 3.24. The molecule has 204 valence electrons.